The van der Waals surface area contributed by atoms with Crippen molar-refractivity contribution < 1.29 is 22.1 Å². The molecule has 7 heteroatoms. The zero-order chi connectivity index (χ0) is 13.9. The van der Waals surface area contributed by atoms with Gasteiger partial charge >= 0.3 is 5.97 Å². The van der Waals surface area contributed by atoms with Gasteiger partial charge < -0.3 is 9.64 Å². The Labute approximate surface area is 103 Å². The molecule has 17 heavy (non-hydrogen) atoms. The SMILES string of the molecule is C=CC(=O)OCCN(C)C.CCOS(C)(=O)=O. The van der Waals surface area contributed by atoms with Gasteiger partial charge in [0.15, 0.2) is 0 Å². The van der Waals surface area contributed by atoms with Crippen molar-refractivity contribution in [1.29, 1.82) is 0 Å². The van der Waals surface area contributed by atoms with Gasteiger partial charge in [-0.25, -0.2) is 4.79 Å². The van der Waals surface area contributed by atoms with E-state index < -0.39 is 10.1 Å². The summed E-state index contributed by atoms with van der Waals surface area (Å²) in [6.07, 6.45) is 2.19. The predicted molar refractivity (Wildman–Crippen MR) is 66.2 cm³/mol. The largest absolute Gasteiger partial charge is 0.461 e. The van der Waals surface area contributed by atoms with Crippen LogP contribution in [0.15, 0.2) is 12.7 Å². The predicted octanol–water partition coefficient (Wildman–Crippen LogP) is 0.260. The minimum atomic E-state index is -3.17. The molecule has 0 radical (unpaired) electrons. The lowest BCUT2D eigenvalue weighted by atomic mass is 10.6. The quantitative estimate of drug-likeness (QED) is 0.390. The number of likely N-dealkylation sites (N-methyl/N-ethyl adjacent to an activating group) is 1. The highest BCUT2D eigenvalue weighted by molar-refractivity contribution is 7.85. The Balaban J connectivity index is 0. The van der Waals surface area contributed by atoms with Gasteiger partial charge in [0.05, 0.1) is 12.9 Å². The smallest absolute Gasteiger partial charge is 0.330 e. The molecular weight excluding hydrogens is 246 g/mol. The Morgan fingerprint density at radius 3 is 2.18 bits per heavy atom. The molecule has 0 fully saturated rings. The van der Waals surface area contributed by atoms with Crippen LogP contribution in [-0.4, -0.2) is 59.4 Å². The Hall–Kier alpha value is -0.920. The average molecular weight is 267 g/mol. The number of esters is 1. The van der Waals surface area contributed by atoms with Crippen LogP contribution in [0.2, 0.25) is 0 Å². The highest BCUT2D eigenvalue weighted by atomic mass is 32.2. The molecule has 0 aromatic heterocycles. The summed E-state index contributed by atoms with van der Waals surface area (Å²) in [6.45, 7) is 6.30. The summed E-state index contributed by atoms with van der Waals surface area (Å²) >= 11 is 0. The summed E-state index contributed by atoms with van der Waals surface area (Å²) in [5.74, 6) is -0.359. The molecule has 0 atom stereocenters. The van der Waals surface area contributed by atoms with E-state index in [0.717, 1.165) is 18.9 Å². The van der Waals surface area contributed by atoms with Crippen LogP contribution in [0.1, 0.15) is 6.92 Å². The van der Waals surface area contributed by atoms with Crippen LogP contribution in [0.4, 0.5) is 0 Å². The van der Waals surface area contributed by atoms with Gasteiger partial charge in [0.2, 0.25) is 0 Å². The van der Waals surface area contributed by atoms with Gasteiger partial charge in [0.1, 0.15) is 6.61 Å². The summed E-state index contributed by atoms with van der Waals surface area (Å²) in [5, 5.41) is 0. The molecule has 0 aliphatic rings. The van der Waals surface area contributed by atoms with Crippen molar-refractivity contribution in [3.63, 3.8) is 0 Å². The Morgan fingerprint density at radius 1 is 1.41 bits per heavy atom. The third kappa shape index (κ3) is 21.0. The van der Waals surface area contributed by atoms with E-state index in [4.69, 9.17) is 4.74 Å². The molecule has 102 valence electrons. The summed E-state index contributed by atoms with van der Waals surface area (Å²) < 4.78 is 28.9. The van der Waals surface area contributed by atoms with Crippen LogP contribution < -0.4 is 0 Å². The maximum Gasteiger partial charge on any atom is 0.330 e. The molecule has 0 heterocycles. The fraction of sp³-hybridized carbons (Fsp3) is 0.700. The molecule has 6 nitrogen and oxygen atoms in total. The number of hydrogen-bond acceptors (Lipinski definition) is 6. The average Bonchev–Trinajstić information content (AvgIpc) is 2.16. The van der Waals surface area contributed by atoms with Gasteiger partial charge in [-0.3, -0.25) is 4.18 Å². The lowest BCUT2D eigenvalue weighted by Gasteiger charge is -2.07. The second-order valence-corrected chi connectivity index (χ2v) is 4.93. The van der Waals surface area contributed by atoms with E-state index in [9.17, 15) is 13.2 Å². The van der Waals surface area contributed by atoms with E-state index in [1.54, 1.807) is 6.92 Å². The van der Waals surface area contributed by atoms with Gasteiger partial charge in [0, 0.05) is 12.6 Å². The highest BCUT2D eigenvalue weighted by Crippen LogP contribution is 1.82. The topological polar surface area (TPSA) is 72.9 Å². The molecule has 0 bridgehead atoms. The molecule has 0 N–H and O–H groups in total. The van der Waals surface area contributed by atoms with Crippen LogP contribution in [0, 0.1) is 0 Å². The van der Waals surface area contributed by atoms with Crippen molar-refractivity contribution in [3.8, 4) is 0 Å². The summed E-state index contributed by atoms with van der Waals surface area (Å²) in [4.78, 5) is 12.4. The molecule has 0 aliphatic carbocycles. The molecule has 0 saturated carbocycles. The normalized spacial score (nSPS) is 10.4. The first-order valence-electron chi connectivity index (χ1n) is 5.01. The van der Waals surface area contributed by atoms with Crippen molar-refractivity contribution in [1.82, 2.24) is 4.90 Å². The standard InChI is InChI=1S/C7H13NO2.C3H8O3S/c1-4-7(9)10-6-5-8(2)3;1-3-6-7(2,4)5/h4H,1,5-6H2,2-3H3;3H2,1-2H3. The fourth-order valence-electron chi connectivity index (χ4n) is 0.602. The van der Waals surface area contributed by atoms with Crippen LogP contribution in [0.3, 0.4) is 0 Å². The molecule has 0 aromatic rings. The van der Waals surface area contributed by atoms with Crippen LogP contribution >= 0.6 is 0 Å². The maximum atomic E-state index is 10.4. The third-order valence-electron chi connectivity index (χ3n) is 1.28. The van der Waals surface area contributed by atoms with E-state index >= 15 is 0 Å². The summed E-state index contributed by atoms with van der Waals surface area (Å²) in [6, 6.07) is 0. The number of carbonyl (C=O) groups is 1. The van der Waals surface area contributed by atoms with Crippen molar-refractivity contribution in [2.75, 3.05) is 40.1 Å². The number of nitrogens with zero attached hydrogens (tertiary/aromatic N) is 1. The number of rotatable bonds is 6. The summed E-state index contributed by atoms with van der Waals surface area (Å²) in [5.41, 5.74) is 0. The lowest BCUT2D eigenvalue weighted by molar-refractivity contribution is -0.137. The first-order valence-corrected chi connectivity index (χ1v) is 6.83. The molecule has 0 amide bonds. The molecule has 0 unspecified atom stereocenters. The van der Waals surface area contributed by atoms with Crippen molar-refractivity contribution in [3.05, 3.63) is 12.7 Å². The minimum Gasteiger partial charge on any atom is -0.461 e. The molecule has 0 spiro atoms. The van der Waals surface area contributed by atoms with E-state index in [1.165, 1.54) is 0 Å². The van der Waals surface area contributed by atoms with E-state index in [-0.39, 0.29) is 12.6 Å². The van der Waals surface area contributed by atoms with Gasteiger partial charge in [-0.05, 0) is 21.0 Å². The maximum absolute atomic E-state index is 10.4. The fourth-order valence-corrected chi connectivity index (χ4v) is 1.03. The van der Waals surface area contributed by atoms with Crippen molar-refractivity contribution >= 4 is 16.1 Å². The second kappa shape index (κ2) is 10.2. The second-order valence-electron chi connectivity index (χ2n) is 3.29. The highest BCUT2D eigenvalue weighted by Gasteiger charge is 1.95. The molecule has 0 saturated heterocycles. The minimum absolute atomic E-state index is 0.221. The first-order chi connectivity index (χ1) is 7.72. The number of carbonyl (C=O) groups excluding carboxylic acids is 1. The van der Waals surface area contributed by atoms with Gasteiger partial charge in [-0.2, -0.15) is 8.42 Å². The third-order valence-corrected chi connectivity index (χ3v) is 1.95. The number of ether oxygens (including phenoxy) is 1. The lowest BCUT2D eigenvalue weighted by Crippen LogP contribution is -2.19. The van der Waals surface area contributed by atoms with Gasteiger partial charge in [0.25, 0.3) is 10.1 Å². The summed E-state index contributed by atoms with van der Waals surface area (Å²) in [7, 11) is 0.663. The zero-order valence-electron chi connectivity index (χ0n) is 10.8. The molecule has 0 aliphatic heterocycles. The van der Waals surface area contributed by atoms with Gasteiger partial charge in [-0.1, -0.05) is 6.58 Å². The molecule has 0 rings (SSSR count). The Kier molecular flexibility index (Phi) is 11.1. The molecular formula is C10H21NO5S. The Morgan fingerprint density at radius 2 is 1.94 bits per heavy atom. The number of hydrogen-bond donors (Lipinski definition) is 0. The molecule has 0 aromatic carbocycles. The zero-order valence-corrected chi connectivity index (χ0v) is 11.6. The van der Waals surface area contributed by atoms with Crippen LogP contribution in [0.5, 0.6) is 0 Å². The van der Waals surface area contributed by atoms with E-state index in [0.29, 0.717) is 6.61 Å². The van der Waals surface area contributed by atoms with Gasteiger partial charge in [-0.15, -0.1) is 0 Å². The van der Waals surface area contributed by atoms with E-state index in [1.807, 2.05) is 19.0 Å². The van der Waals surface area contributed by atoms with Crippen molar-refractivity contribution in [2.24, 2.45) is 0 Å². The first kappa shape index (κ1) is 18.4. The van der Waals surface area contributed by atoms with Crippen molar-refractivity contribution in [2.45, 2.75) is 6.92 Å². The monoisotopic (exact) mass is 267 g/mol. The van der Waals surface area contributed by atoms with Crippen LogP contribution in [0.25, 0.3) is 0 Å². The van der Waals surface area contributed by atoms with E-state index in [2.05, 4.69) is 10.8 Å². The Bertz CT molecular complexity index is 311. The van der Waals surface area contributed by atoms with Crippen LogP contribution in [-0.2, 0) is 23.8 Å².